The minimum absolute atomic E-state index is 0.0232. The predicted octanol–water partition coefficient (Wildman–Crippen LogP) is 2.33. The first-order chi connectivity index (χ1) is 11.4. The van der Waals surface area contributed by atoms with Gasteiger partial charge in [0.25, 0.3) is 5.91 Å². The van der Waals surface area contributed by atoms with Gasteiger partial charge in [0.15, 0.2) is 0 Å². The minimum Gasteiger partial charge on any atom is -0.454 e. The molecule has 132 valence electrons. The molecule has 1 aromatic carbocycles. The van der Waals surface area contributed by atoms with Crippen LogP contribution in [0.4, 0.5) is 0 Å². The molecule has 2 N–H and O–H groups in total. The van der Waals surface area contributed by atoms with Gasteiger partial charge in [0.1, 0.15) is 5.94 Å². The third kappa shape index (κ3) is 7.50. The lowest BCUT2D eigenvalue weighted by Gasteiger charge is -2.11. The molecule has 0 radical (unpaired) electrons. The van der Waals surface area contributed by atoms with Crippen molar-refractivity contribution < 1.29 is 19.1 Å². The highest BCUT2D eigenvalue weighted by atomic mass is 32.2. The van der Waals surface area contributed by atoms with E-state index in [0.717, 1.165) is 6.42 Å². The Hall–Kier alpha value is -2.02. The maximum absolute atomic E-state index is 12.2. The van der Waals surface area contributed by atoms with Crippen LogP contribution in [0.25, 0.3) is 0 Å². The molecule has 0 aromatic heterocycles. The molecule has 0 aliphatic carbocycles. The van der Waals surface area contributed by atoms with E-state index in [1.165, 1.54) is 11.8 Å². The summed E-state index contributed by atoms with van der Waals surface area (Å²) in [4.78, 5) is 35.9. The highest BCUT2D eigenvalue weighted by molar-refractivity contribution is 7.99. The zero-order valence-electron chi connectivity index (χ0n) is 14.3. The Labute approximate surface area is 146 Å². The molecule has 1 aromatic rings. The molecule has 0 atom stereocenters. The van der Waals surface area contributed by atoms with Crippen molar-refractivity contribution in [3.8, 4) is 0 Å². The van der Waals surface area contributed by atoms with Crippen LogP contribution in [0.3, 0.4) is 0 Å². The molecule has 6 nitrogen and oxygen atoms in total. The summed E-state index contributed by atoms with van der Waals surface area (Å²) in [7, 11) is 0. The molecule has 2 amide bonds. The summed E-state index contributed by atoms with van der Waals surface area (Å²) in [6.07, 6.45) is 1.12. The van der Waals surface area contributed by atoms with Crippen molar-refractivity contribution in [3.63, 3.8) is 0 Å². The van der Waals surface area contributed by atoms with E-state index in [1.54, 1.807) is 24.3 Å². The van der Waals surface area contributed by atoms with Gasteiger partial charge in [-0.15, -0.1) is 0 Å². The van der Waals surface area contributed by atoms with Gasteiger partial charge in [0.05, 0.1) is 12.1 Å². The smallest absolute Gasteiger partial charge is 0.306 e. The predicted molar refractivity (Wildman–Crippen MR) is 93.8 cm³/mol. The van der Waals surface area contributed by atoms with Gasteiger partial charge in [-0.3, -0.25) is 14.4 Å². The number of hydrogen-bond acceptors (Lipinski definition) is 5. The third-order valence-electron chi connectivity index (χ3n) is 2.88. The zero-order chi connectivity index (χ0) is 17.9. The van der Waals surface area contributed by atoms with Crippen LogP contribution in [0.5, 0.6) is 0 Å². The third-order valence-corrected chi connectivity index (χ3v) is 3.78. The molecule has 0 fully saturated rings. The monoisotopic (exact) mass is 352 g/mol. The Morgan fingerprint density at radius 2 is 1.92 bits per heavy atom. The second kappa shape index (κ2) is 10.7. The van der Waals surface area contributed by atoms with Crippen molar-refractivity contribution >= 4 is 29.5 Å². The molecule has 0 unspecified atom stereocenters. The zero-order valence-corrected chi connectivity index (χ0v) is 15.1. The first-order valence-electron chi connectivity index (χ1n) is 7.89. The highest BCUT2D eigenvalue weighted by Gasteiger charge is 2.13. The maximum Gasteiger partial charge on any atom is 0.306 e. The van der Waals surface area contributed by atoms with Crippen LogP contribution in [0.1, 0.15) is 44.0 Å². The van der Waals surface area contributed by atoms with E-state index in [0.29, 0.717) is 16.9 Å². The number of amides is 2. The lowest BCUT2D eigenvalue weighted by molar-refractivity contribution is -0.141. The Bertz CT molecular complexity index is 575. The lowest BCUT2D eigenvalue weighted by Crippen LogP contribution is -2.39. The van der Waals surface area contributed by atoms with Gasteiger partial charge in [-0.2, -0.15) is 0 Å². The number of nitrogens with one attached hydrogen (secondary N) is 2. The van der Waals surface area contributed by atoms with Gasteiger partial charge >= 0.3 is 5.97 Å². The fourth-order valence-corrected chi connectivity index (χ4v) is 2.65. The van der Waals surface area contributed by atoms with E-state index in [-0.39, 0.29) is 36.3 Å². The van der Waals surface area contributed by atoms with Crippen molar-refractivity contribution in [3.05, 3.63) is 29.8 Å². The van der Waals surface area contributed by atoms with Crippen molar-refractivity contribution in [1.29, 1.82) is 0 Å². The molecule has 0 aliphatic rings. The fourth-order valence-electron chi connectivity index (χ4n) is 1.84. The van der Waals surface area contributed by atoms with Crippen LogP contribution < -0.4 is 10.6 Å². The van der Waals surface area contributed by atoms with Crippen LogP contribution in [-0.4, -0.2) is 36.3 Å². The molecule has 0 heterocycles. The Kier molecular flexibility index (Phi) is 8.93. The van der Waals surface area contributed by atoms with Gasteiger partial charge in [-0.1, -0.05) is 30.8 Å². The number of carbonyl (C=O) groups is 3. The Morgan fingerprint density at radius 3 is 2.58 bits per heavy atom. The van der Waals surface area contributed by atoms with E-state index in [2.05, 4.69) is 10.6 Å². The van der Waals surface area contributed by atoms with Gasteiger partial charge in [-0.05, 0) is 32.4 Å². The molecule has 0 saturated heterocycles. The van der Waals surface area contributed by atoms with E-state index in [4.69, 9.17) is 4.74 Å². The van der Waals surface area contributed by atoms with Crippen LogP contribution in [-0.2, 0) is 14.3 Å². The topological polar surface area (TPSA) is 84.5 Å². The van der Waals surface area contributed by atoms with Crippen molar-refractivity contribution in [2.24, 2.45) is 0 Å². The normalized spacial score (nSPS) is 10.3. The number of thioether (sulfide) groups is 1. The first kappa shape index (κ1) is 20.0. The van der Waals surface area contributed by atoms with Crippen LogP contribution in [0, 0.1) is 0 Å². The van der Waals surface area contributed by atoms with Crippen LogP contribution in [0.2, 0.25) is 0 Å². The largest absolute Gasteiger partial charge is 0.454 e. The average Bonchev–Trinajstić information content (AvgIpc) is 2.52. The molecule has 0 bridgehead atoms. The molecule has 0 aliphatic heterocycles. The summed E-state index contributed by atoms with van der Waals surface area (Å²) in [5.41, 5.74) is 0.450. The molecule has 1 rings (SSSR count). The average molecular weight is 352 g/mol. The summed E-state index contributed by atoms with van der Waals surface area (Å²) >= 11 is 1.27. The summed E-state index contributed by atoms with van der Waals surface area (Å²) in [5.74, 6) is -0.678. The number of carbonyl (C=O) groups excluding carboxylic acids is 3. The molecular formula is C17H24N2O4S. The Morgan fingerprint density at radius 1 is 1.21 bits per heavy atom. The summed E-state index contributed by atoms with van der Waals surface area (Å²) < 4.78 is 5.09. The number of benzene rings is 1. The number of ether oxygens (including phenoxy) is 1. The van der Waals surface area contributed by atoms with E-state index >= 15 is 0 Å². The number of rotatable bonds is 9. The second-order valence-corrected chi connectivity index (χ2v) is 6.39. The minimum atomic E-state index is -0.336. The molecular weight excluding hydrogens is 328 g/mol. The summed E-state index contributed by atoms with van der Waals surface area (Å²) in [6, 6.07) is 7.03. The number of hydrogen-bond donors (Lipinski definition) is 2. The number of esters is 1. The van der Waals surface area contributed by atoms with Gasteiger partial charge in [-0.25, -0.2) is 0 Å². The van der Waals surface area contributed by atoms with Crippen molar-refractivity contribution in [1.82, 2.24) is 10.6 Å². The summed E-state index contributed by atoms with van der Waals surface area (Å²) in [5, 5.41) is 5.30. The highest BCUT2D eigenvalue weighted by Crippen LogP contribution is 2.22. The van der Waals surface area contributed by atoms with Crippen molar-refractivity contribution in [2.75, 3.05) is 12.5 Å². The van der Waals surface area contributed by atoms with Crippen LogP contribution >= 0.6 is 11.8 Å². The molecule has 24 heavy (non-hydrogen) atoms. The van der Waals surface area contributed by atoms with E-state index in [1.807, 2.05) is 20.8 Å². The molecule has 0 spiro atoms. The van der Waals surface area contributed by atoms with E-state index in [9.17, 15) is 14.4 Å². The maximum atomic E-state index is 12.2. The van der Waals surface area contributed by atoms with Crippen molar-refractivity contribution in [2.45, 2.75) is 44.6 Å². The van der Waals surface area contributed by atoms with Gasteiger partial charge < -0.3 is 15.4 Å². The van der Waals surface area contributed by atoms with Gasteiger partial charge in [0.2, 0.25) is 5.91 Å². The fraction of sp³-hybridized carbons (Fsp3) is 0.471. The molecule has 0 saturated carbocycles. The summed E-state index contributed by atoms with van der Waals surface area (Å²) in [6.45, 7) is 5.53. The van der Waals surface area contributed by atoms with E-state index < -0.39 is 0 Å². The Balaban J connectivity index is 2.57. The quantitative estimate of drug-likeness (QED) is 0.405. The molecule has 7 heteroatoms. The first-order valence-corrected chi connectivity index (χ1v) is 8.87. The second-order valence-electron chi connectivity index (χ2n) is 5.43. The van der Waals surface area contributed by atoms with Crippen LogP contribution in [0.15, 0.2) is 29.2 Å². The standard InChI is InChI=1S/C17H24N2O4S/c1-4-7-16(21)23-11-24-14-9-6-5-8-13(14)17(22)18-10-15(20)19-12(2)3/h5-6,8-9,12H,4,7,10-11H2,1-3H3,(H,18,22)(H,19,20). The SMILES string of the molecule is CCCC(=O)OCSc1ccccc1C(=O)NCC(=O)NC(C)C. The van der Waals surface area contributed by atoms with Gasteiger partial charge in [0, 0.05) is 17.4 Å². The lowest BCUT2D eigenvalue weighted by atomic mass is 10.2.